The van der Waals surface area contributed by atoms with Gasteiger partial charge in [0, 0.05) is 19.5 Å². The second kappa shape index (κ2) is 6.83. The lowest BCUT2D eigenvalue weighted by Crippen LogP contribution is -2.35. The van der Waals surface area contributed by atoms with Crippen LogP contribution in [0.15, 0.2) is 34.9 Å². The molecule has 1 aliphatic heterocycles. The van der Waals surface area contributed by atoms with Crippen LogP contribution in [0.1, 0.15) is 30.1 Å². The number of aliphatic hydroxyl groups excluding tert-OH is 1. The van der Waals surface area contributed by atoms with Crippen molar-refractivity contribution in [2.45, 2.75) is 38.3 Å². The largest absolute Gasteiger partial charge is 0.393 e. The quantitative estimate of drug-likeness (QED) is 0.908. The molecule has 5 heteroatoms. The van der Waals surface area contributed by atoms with Crippen molar-refractivity contribution in [3.05, 3.63) is 47.6 Å². The molecule has 0 bridgehead atoms. The maximum atomic E-state index is 9.50. The van der Waals surface area contributed by atoms with Crippen LogP contribution in [0.5, 0.6) is 0 Å². The molecule has 1 aromatic carbocycles. The summed E-state index contributed by atoms with van der Waals surface area (Å²) in [7, 11) is 0. The molecule has 3 rings (SSSR count). The van der Waals surface area contributed by atoms with Gasteiger partial charge in [-0.25, -0.2) is 0 Å². The maximum Gasteiger partial charge on any atom is 0.240 e. The van der Waals surface area contributed by atoms with Gasteiger partial charge in [0.05, 0.1) is 12.6 Å². The molecule has 0 aliphatic carbocycles. The van der Waals surface area contributed by atoms with E-state index in [1.54, 1.807) is 0 Å². The van der Waals surface area contributed by atoms with Gasteiger partial charge in [0.2, 0.25) is 5.89 Å². The Morgan fingerprint density at radius 3 is 2.67 bits per heavy atom. The Bertz CT molecular complexity index is 548. The molecule has 0 saturated carbocycles. The summed E-state index contributed by atoms with van der Waals surface area (Å²) < 4.78 is 5.32. The minimum atomic E-state index is -0.148. The average molecular weight is 287 g/mol. The highest BCUT2D eigenvalue weighted by Gasteiger charge is 2.19. The first-order valence-electron chi connectivity index (χ1n) is 7.55. The van der Waals surface area contributed by atoms with Gasteiger partial charge in [-0.05, 0) is 24.8 Å². The lowest BCUT2D eigenvalue weighted by atomic mass is 10.1. The first-order valence-corrected chi connectivity index (χ1v) is 7.55. The summed E-state index contributed by atoms with van der Waals surface area (Å²) in [6.07, 6.45) is 3.23. The predicted octanol–water partition coefficient (Wildman–Crippen LogP) is 1.81. The van der Waals surface area contributed by atoms with E-state index in [0.29, 0.717) is 12.4 Å². The van der Waals surface area contributed by atoms with Crippen molar-refractivity contribution in [2.75, 3.05) is 13.1 Å². The monoisotopic (exact) mass is 287 g/mol. The summed E-state index contributed by atoms with van der Waals surface area (Å²) in [5, 5.41) is 13.5. The van der Waals surface area contributed by atoms with Crippen molar-refractivity contribution in [2.24, 2.45) is 0 Å². The summed E-state index contributed by atoms with van der Waals surface area (Å²) in [6.45, 7) is 2.47. The number of likely N-dealkylation sites (tertiary alicyclic amines) is 1. The number of hydrogen-bond donors (Lipinski definition) is 1. The average Bonchev–Trinajstić information content (AvgIpc) is 2.96. The van der Waals surface area contributed by atoms with E-state index in [-0.39, 0.29) is 6.10 Å². The maximum absolute atomic E-state index is 9.50. The Balaban J connectivity index is 1.49. The van der Waals surface area contributed by atoms with Gasteiger partial charge in [-0.2, -0.15) is 4.98 Å². The van der Waals surface area contributed by atoms with Gasteiger partial charge in [0.1, 0.15) is 0 Å². The van der Waals surface area contributed by atoms with E-state index in [1.165, 1.54) is 5.56 Å². The number of piperidine rings is 1. The van der Waals surface area contributed by atoms with Gasteiger partial charge in [-0.1, -0.05) is 35.5 Å². The first kappa shape index (κ1) is 14.2. The Labute approximate surface area is 124 Å². The Kier molecular flexibility index (Phi) is 4.62. The SMILES string of the molecule is OC1CCN(Cc2nc(CCc3ccccc3)no2)CC1. The zero-order valence-electron chi connectivity index (χ0n) is 12.1. The highest BCUT2D eigenvalue weighted by molar-refractivity contribution is 5.15. The number of aryl methyl sites for hydroxylation is 2. The summed E-state index contributed by atoms with van der Waals surface area (Å²) in [4.78, 5) is 6.71. The second-order valence-electron chi connectivity index (χ2n) is 5.60. The molecule has 0 unspecified atom stereocenters. The number of aromatic nitrogens is 2. The van der Waals surface area contributed by atoms with E-state index in [0.717, 1.165) is 44.6 Å². The molecule has 5 nitrogen and oxygen atoms in total. The first-order chi connectivity index (χ1) is 10.3. The van der Waals surface area contributed by atoms with E-state index in [4.69, 9.17) is 4.52 Å². The van der Waals surface area contributed by atoms with Gasteiger partial charge >= 0.3 is 0 Å². The molecule has 0 spiro atoms. The second-order valence-corrected chi connectivity index (χ2v) is 5.60. The zero-order valence-corrected chi connectivity index (χ0v) is 12.1. The van der Waals surface area contributed by atoms with E-state index >= 15 is 0 Å². The molecule has 1 aromatic heterocycles. The third-order valence-corrected chi connectivity index (χ3v) is 3.91. The number of rotatable bonds is 5. The smallest absolute Gasteiger partial charge is 0.240 e. The molecule has 1 aliphatic rings. The lowest BCUT2D eigenvalue weighted by Gasteiger charge is -2.27. The number of benzene rings is 1. The predicted molar refractivity (Wildman–Crippen MR) is 78.7 cm³/mol. The van der Waals surface area contributed by atoms with E-state index in [9.17, 15) is 5.11 Å². The normalized spacial score (nSPS) is 17.2. The molecular weight excluding hydrogens is 266 g/mol. The summed E-state index contributed by atoms with van der Waals surface area (Å²) in [6, 6.07) is 10.3. The van der Waals surface area contributed by atoms with Crippen LogP contribution in [-0.2, 0) is 19.4 Å². The van der Waals surface area contributed by atoms with Crippen molar-refractivity contribution in [3.8, 4) is 0 Å². The zero-order chi connectivity index (χ0) is 14.5. The van der Waals surface area contributed by atoms with Crippen molar-refractivity contribution < 1.29 is 9.63 Å². The molecular formula is C16H21N3O2. The van der Waals surface area contributed by atoms with E-state index < -0.39 is 0 Å². The third-order valence-electron chi connectivity index (χ3n) is 3.91. The number of nitrogens with zero attached hydrogens (tertiary/aromatic N) is 3. The fourth-order valence-corrected chi connectivity index (χ4v) is 2.63. The molecule has 0 amide bonds. The van der Waals surface area contributed by atoms with E-state index in [1.807, 2.05) is 18.2 Å². The van der Waals surface area contributed by atoms with Crippen molar-refractivity contribution in [3.63, 3.8) is 0 Å². The Morgan fingerprint density at radius 1 is 1.14 bits per heavy atom. The van der Waals surface area contributed by atoms with Crippen LogP contribution in [0.3, 0.4) is 0 Å². The van der Waals surface area contributed by atoms with Crippen molar-refractivity contribution in [1.82, 2.24) is 15.0 Å². The number of aliphatic hydroxyl groups is 1. The standard InChI is InChI=1S/C16H21N3O2/c20-14-8-10-19(11-9-14)12-16-17-15(18-21-16)7-6-13-4-2-1-3-5-13/h1-5,14,20H,6-12H2. The Hall–Kier alpha value is -1.72. The molecule has 0 radical (unpaired) electrons. The Morgan fingerprint density at radius 2 is 1.90 bits per heavy atom. The molecule has 21 heavy (non-hydrogen) atoms. The van der Waals surface area contributed by atoms with Crippen LogP contribution in [0.4, 0.5) is 0 Å². The van der Waals surface area contributed by atoms with Crippen LogP contribution < -0.4 is 0 Å². The van der Waals surface area contributed by atoms with Gasteiger partial charge in [-0.3, -0.25) is 4.90 Å². The molecule has 2 heterocycles. The molecule has 1 N–H and O–H groups in total. The van der Waals surface area contributed by atoms with Gasteiger partial charge in [0.15, 0.2) is 5.82 Å². The summed E-state index contributed by atoms with van der Waals surface area (Å²) >= 11 is 0. The minimum absolute atomic E-state index is 0.148. The van der Waals surface area contributed by atoms with Crippen LogP contribution in [0.25, 0.3) is 0 Å². The summed E-state index contributed by atoms with van der Waals surface area (Å²) in [5.41, 5.74) is 1.29. The molecule has 1 fully saturated rings. The lowest BCUT2D eigenvalue weighted by molar-refractivity contribution is 0.0740. The molecule has 2 aromatic rings. The van der Waals surface area contributed by atoms with Crippen LogP contribution in [0.2, 0.25) is 0 Å². The van der Waals surface area contributed by atoms with Crippen LogP contribution in [-0.4, -0.2) is 39.3 Å². The molecule has 1 saturated heterocycles. The fourth-order valence-electron chi connectivity index (χ4n) is 2.63. The van der Waals surface area contributed by atoms with Gasteiger partial charge in [-0.15, -0.1) is 0 Å². The van der Waals surface area contributed by atoms with Crippen molar-refractivity contribution >= 4 is 0 Å². The van der Waals surface area contributed by atoms with Crippen LogP contribution >= 0.6 is 0 Å². The van der Waals surface area contributed by atoms with Crippen LogP contribution in [0, 0.1) is 0 Å². The summed E-state index contributed by atoms with van der Waals surface area (Å²) in [5.74, 6) is 1.44. The molecule has 112 valence electrons. The highest BCUT2D eigenvalue weighted by atomic mass is 16.5. The molecule has 0 atom stereocenters. The minimum Gasteiger partial charge on any atom is -0.393 e. The van der Waals surface area contributed by atoms with Gasteiger partial charge < -0.3 is 9.63 Å². The fraction of sp³-hybridized carbons (Fsp3) is 0.500. The van der Waals surface area contributed by atoms with Crippen molar-refractivity contribution in [1.29, 1.82) is 0 Å². The topological polar surface area (TPSA) is 62.4 Å². The van der Waals surface area contributed by atoms with Gasteiger partial charge in [0.25, 0.3) is 0 Å². The number of hydrogen-bond acceptors (Lipinski definition) is 5. The highest BCUT2D eigenvalue weighted by Crippen LogP contribution is 2.13. The van der Waals surface area contributed by atoms with E-state index in [2.05, 4.69) is 27.2 Å². The third kappa shape index (κ3) is 4.12.